The van der Waals surface area contributed by atoms with Crippen LogP contribution in [0, 0.1) is 5.92 Å². The standard InChI is InChI=1S/C23H31N5O2/c1-30-20-7-2-18(3-8-20)15-24-23(29)9-4-17-10-12-28(13-11-17)22-14-21(25-16-26-22)27-19-5-6-19/h2-3,7-8,14,16-17,19H,4-6,9-13,15H2,1H3,(H,24,29)(H,25,26,27). The van der Waals surface area contributed by atoms with Gasteiger partial charge in [-0.1, -0.05) is 12.1 Å². The fraction of sp³-hybridized carbons (Fsp3) is 0.522. The molecule has 1 aromatic carbocycles. The molecule has 1 aliphatic heterocycles. The fourth-order valence-corrected chi connectivity index (χ4v) is 3.85. The number of amides is 1. The summed E-state index contributed by atoms with van der Waals surface area (Å²) in [4.78, 5) is 23.3. The van der Waals surface area contributed by atoms with Crippen LogP contribution in [0.2, 0.25) is 0 Å². The quantitative estimate of drug-likeness (QED) is 0.661. The molecule has 0 atom stereocenters. The van der Waals surface area contributed by atoms with Crippen molar-refractivity contribution in [2.45, 2.75) is 51.1 Å². The normalized spacial score (nSPS) is 16.9. The van der Waals surface area contributed by atoms with E-state index < -0.39 is 0 Å². The minimum Gasteiger partial charge on any atom is -0.497 e. The maximum absolute atomic E-state index is 12.2. The Hall–Kier alpha value is -2.83. The largest absolute Gasteiger partial charge is 0.497 e. The van der Waals surface area contributed by atoms with Crippen LogP contribution in [0.4, 0.5) is 11.6 Å². The minimum atomic E-state index is 0.125. The van der Waals surface area contributed by atoms with Gasteiger partial charge < -0.3 is 20.3 Å². The molecule has 1 saturated carbocycles. The topological polar surface area (TPSA) is 79.4 Å². The highest BCUT2D eigenvalue weighted by atomic mass is 16.5. The number of nitrogens with one attached hydrogen (secondary N) is 2. The maximum Gasteiger partial charge on any atom is 0.220 e. The first-order valence-electron chi connectivity index (χ1n) is 10.9. The Morgan fingerprint density at radius 1 is 1.13 bits per heavy atom. The number of piperidine rings is 1. The van der Waals surface area contributed by atoms with Gasteiger partial charge in [-0.3, -0.25) is 4.79 Å². The average Bonchev–Trinajstić information content (AvgIpc) is 3.61. The van der Waals surface area contributed by atoms with Crippen molar-refractivity contribution in [1.29, 1.82) is 0 Å². The van der Waals surface area contributed by atoms with Crippen LogP contribution in [0.3, 0.4) is 0 Å². The van der Waals surface area contributed by atoms with Gasteiger partial charge in [0.05, 0.1) is 7.11 Å². The van der Waals surface area contributed by atoms with Gasteiger partial charge in [-0.2, -0.15) is 0 Å². The molecule has 1 amide bonds. The van der Waals surface area contributed by atoms with Gasteiger partial charge in [0.25, 0.3) is 0 Å². The lowest BCUT2D eigenvalue weighted by Crippen LogP contribution is -2.34. The van der Waals surface area contributed by atoms with E-state index in [4.69, 9.17) is 4.74 Å². The molecule has 7 heteroatoms. The molecule has 1 aliphatic carbocycles. The lowest BCUT2D eigenvalue weighted by atomic mass is 9.92. The predicted molar refractivity (Wildman–Crippen MR) is 118 cm³/mol. The summed E-state index contributed by atoms with van der Waals surface area (Å²) < 4.78 is 5.16. The Balaban J connectivity index is 1.16. The Labute approximate surface area is 178 Å². The van der Waals surface area contributed by atoms with E-state index in [9.17, 15) is 4.79 Å². The molecule has 2 N–H and O–H groups in total. The molecule has 4 rings (SSSR count). The molecule has 2 heterocycles. The number of hydrogen-bond acceptors (Lipinski definition) is 6. The highest BCUT2D eigenvalue weighted by molar-refractivity contribution is 5.75. The van der Waals surface area contributed by atoms with Crippen molar-refractivity contribution < 1.29 is 9.53 Å². The smallest absolute Gasteiger partial charge is 0.220 e. The third-order valence-electron chi connectivity index (χ3n) is 5.95. The van der Waals surface area contributed by atoms with E-state index in [0.717, 1.165) is 55.3 Å². The highest BCUT2D eigenvalue weighted by Gasteiger charge is 2.23. The molecule has 0 spiro atoms. The SMILES string of the molecule is COc1ccc(CNC(=O)CCC2CCN(c3cc(NC4CC4)ncn3)CC2)cc1. The second-order valence-corrected chi connectivity index (χ2v) is 8.27. The van der Waals surface area contributed by atoms with Crippen LogP contribution >= 0.6 is 0 Å². The number of anilines is 2. The van der Waals surface area contributed by atoms with Gasteiger partial charge in [0.1, 0.15) is 23.7 Å². The van der Waals surface area contributed by atoms with Crippen molar-refractivity contribution in [1.82, 2.24) is 15.3 Å². The van der Waals surface area contributed by atoms with Crippen LogP contribution in [-0.2, 0) is 11.3 Å². The van der Waals surface area contributed by atoms with Gasteiger partial charge in [0, 0.05) is 38.2 Å². The summed E-state index contributed by atoms with van der Waals surface area (Å²) in [7, 11) is 1.65. The van der Waals surface area contributed by atoms with E-state index in [0.29, 0.717) is 24.9 Å². The number of hydrogen-bond donors (Lipinski definition) is 2. The first-order valence-corrected chi connectivity index (χ1v) is 10.9. The molecule has 2 aliphatic rings. The zero-order valence-electron chi connectivity index (χ0n) is 17.6. The first-order chi connectivity index (χ1) is 14.7. The summed E-state index contributed by atoms with van der Waals surface area (Å²) in [6.45, 7) is 2.53. The van der Waals surface area contributed by atoms with E-state index in [1.165, 1.54) is 12.8 Å². The zero-order chi connectivity index (χ0) is 20.8. The molecule has 160 valence electrons. The van der Waals surface area contributed by atoms with Crippen molar-refractivity contribution in [3.63, 3.8) is 0 Å². The van der Waals surface area contributed by atoms with Crippen molar-refractivity contribution in [3.8, 4) is 5.75 Å². The molecular weight excluding hydrogens is 378 g/mol. The summed E-state index contributed by atoms with van der Waals surface area (Å²) in [5.41, 5.74) is 1.08. The Morgan fingerprint density at radius 3 is 2.60 bits per heavy atom. The van der Waals surface area contributed by atoms with Gasteiger partial charge in [-0.25, -0.2) is 9.97 Å². The van der Waals surface area contributed by atoms with E-state index >= 15 is 0 Å². The molecule has 30 heavy (non-hydrogen) atoms. The van der Waals surface area contributed by atoms with Crippen LogP contribution in [0.15, 0.2) is 36.7 Å². The van der Waals surface area contributed by atoms with Crippen molar-refractivity contribution in [2.75, 3.05) is 30.4 Å². The molecule has 2 aromatic rings. The van der Waals surface area contributed by atoms with E-state index in [2.05, 4.69) is 31.6 Å². The molecule has 1 saturated heterocycles. The second-order valence-electron chi connectivity index (χ2n) is 8.27. The summed E-state index contributed by atoms with van der Waals surface area (Å²) in [6, 6.07) is 10.4. The molecule has 0 unspecified atom stereocenters. The Kier molecular flexibility index (Phi) is 6.67. The van der Waals surface area contributed by atoms with Gasteiger partial charge in [0.15, 0.2) is 0 Å². The van der Waals surface area contributed by atoms with Gasteiger partial charge in [-0.05, 0) is 55.7 Å². The number of methoxy groups -OCH3 is 1. The van der Waals surface area contributed by atoms with Crippen molar-refractivity contribution in [3.05, 3.63) is 42.2 Å². The van der Waals surface area contributed by atoms with E-state index in [-0.39, 0.29) is 5.91 Å². The number of benzene rings is 1. The van der Waals surface area contributed by atoms with Crippen LogP contribution in [0.1, 0.15) is 44.1 Å². The minimum absolute atomic E-state index is 0.125. The molecule has 2 fully saturated rings. The van der Waals surface area contributed by atoms with Crippen molar-refractivity contribution >= 4 is 17.5 Å². The van der Waals surface area contributed by atoms with E-state index in [1.807, 2.05) is 24.3 Å². The Morgan fingerprint density at radius 2 is 1.90 bits per heavy atom. The number of nitrogens with zero attached hydrogens (tertiary/aromatic N) is 3. The average molecular weight is 410 g/mol. The zero-order valence-corrected chi connectivity index (χ0v) is 17.6. The number of carbonyl (C=O) groups is 1. The van der Waals surface area contributed by atoms with E-state index in [1.54, 1.807) is 13.4 Å². The third-order valence-corrected chi connectivity index (χ3v) is 5.95. The summed E-state index contributed by atoms with van der Waals surface area (Å²) in [5, 5.41) is 6.46. The van der Waals surface area contributed by atoms with Gasteiger partial charge >= 0.3 is 0 Å². The van der Waals surface area contributed by atoms with Crippen LogP contribution < -0.4 is 20.3 Å². The molecular formula is C23H31N5O2. The van der Waals surface area contributed by atoms with Crippen molar-refractivity contribution in [2.24, 2.45) is 5.92 Å². The molecule has 0 bridgehead atoms. The molecule has 7 nitrogen and oxygen atoms in total. The van der Waals surface area contributed by atoms with Gasteiger partial charge in [0.2, 0.25) is 5.91 Å². The second kappa shape index (κ2) is 9.78. The number of aromatic nitrogens is 2. The summed E-state index contributed by atoms with van der Waals surface area (Å²) in [5.74, 6) is 3.48. The lowest BCUT2D eigenvalue weighted by molar-refractivity contribution is -0.121. The maximum atomic E-state index is 12.2. The third kappa shape index (κ3) is 5.84. The summed E-state index contributed by atoms with van der Waals surface area (Å²) in [6.07, 6.45) is 7.85. The summed E-state index contributed by atoms with van der Waals surface area (Å²) >= 11 is 0. The monoisotopic (exact) mass is 409 g/mol. The molecule has 0 radical (unpaired) electrons. The van der Waals surface area contributed by atoms with Gasteiger partial charge in [-0.15, -0.1) is 0 Å². The number of carbonyl (C=O) groups excluding carboxylic acids is 1. The fourth-order valence-electron chi connectivity index (χ4n) is 3.85. The number of ether oxygens (including phenoxy) is 1. The lowest BCUT2D eigenvalue weighted by Gasteiger charge is -2.32. The first kappa shape index (κ1) is 20.4. The predicted octanol–water partition coefficient (Wildman–Crippen LogP) is 3.37. The Bertz CT molecular complexity index is 830. The van der Waals surface area contributed by atoms with Crippen LogP contribution in [0.25, 0.3) is 0 Å². The number of rotatable bonds is 9. The molecule has 1 aromatic heterocycles. The van der Waals surface area contributed by atoms with Crippen LogP contribution in [0.5, 0.6) is 5.75 Å². The highest BCUT2D eigenvalue weighted by Crippen LogP contribution is 2.28. The van der Waals surface area contributed by atoms with Crippen LogP contribution in [-0.4, -0.2) is 42.1 Å².